The normalized spacial score (nSPS) is 15.9. The monoisotopic (exact) mass is 387 g/mol. The third-order valence-corrected chi connectivity index (χ3v) is 5.09. The van der Waals surface area contributed by atoms with Gasteiger partial charge in [0.2, 0.25) is 11.8 Å². The van der Waals surface area contributed by atoms with Crippen LogP contribution in [0.25, 0.3) is 0 Å². The molecule has 6 heteroatoms. The summed E-state index contributed by atoms with van der Waals surface area (Å²) in [5.74, 6) is 0.902. The van der Waals surface area contributed by atoms with Gasteiger partial charge in [0, 0.05) is 45.8 Å². The standard InChI is InChI=1S/C22H33N3O3/c1-5-6-10-18(2)17-21(23(4)20-11-8-7-9-12-20)28-22(27)25-15-13-24(14-16-25)19(3)26/h7-9,11-12,17-18H,5-6,10,13-16H2,1-4H3/b21-17+. The molecule has 0 bridgehead atoms. The van der Waals surface area contributed by atoms with Gasteiger partial charge in [0.05, 0.1) is 0 Å². The zero-order chi connectivity index (χ0) is 20.5. The Morgan fingerprint density at radius 1 is 1.14 bits per heavy atom. The van der Waals surface area contributed by atoms with Crippen LogP contribution in [0.2, 0.25) is 0 Å². The predicted molar refractivity (Wildman–Crippen MR) is 112 cm³/mol. The summed E-state index contributed by atoms with van der Waals surface area (Å²) >= 11 is 0. The Morgan fingerprint density at radius 3 is 2.32 bits per heavy atom. The number of para-hydroxylation sites is 1. The van der Waals surface area contributed by atoms with Crippen LogP contribution in [0.5, 0.6) is 0 Å². The van der Waals surface area contributed by atoms with Crippen molar-refractivity contribution < 1.29 is 14.3 Å². The zero-order valence-corrected chi connectivity index (χ0v) is 17.6. The largest absolute Gasteiger partial charge is 0.416 e. The number of allylic oxidation sites excluding steroid dienone is 1. The summed E-state index contributed by atoms with van der Waals surface area (Å²) in [6.07, 6.45) is 5.01. The number of nitrogens with zero attached hydrogens (tertiary/aromatic N) is 3. The first-order valence-corrected chi connectivity index (χ1v) is 10.1. The number of amides is 2. The summed E-state index contributed by atoms with van der Waals surface area (Å²) in [5, 5.41) is 0. The number of unbranched alkanes of at least 4 members (excludes halogenated alkanes) is 1. The van der Waals surface area contributed by atoms with Gasteiger partial charge in [0.15, 0.2) is 0 Å². The minimum absolute atomic E-state index is 0.0437. The first-order valence-electron chi connectivity index (χ1n) is 10.1. The second-order valence-corrected chi connectivity index (χ2v) is 7.38. The Bertz CT molecular complexity index is 667. The van der Waals surface area contributed by atoms with Crippen molar-refractivity contribution in [3.8, 4) is 0 Å². The lowest BCUT2D eigenvalue weighted by atomic mass is 10.0. The molecule has 0 N–H and O–H groups in total. The summed E-state index contributed by atoms with van der Waals surface area (Å²) < 4.78 is 5.82. The number of carbonyl (C=O) groups is 2. The SMILES string of the molecule is CCCCC(C)/C=C(/OC(=O)N1CCN(C(C)=O)CC1)N(C)c1ccccc1. The van der Waals surface area contributed by atoms with E-state index in [9.17, 15) is 9.59 Å². The van der Waals surface area contributed by atoms with Crippen molar-refractivity contribution in [1.29, 1.82) is 0 Å². The second-order valence-electron chi connectivity index (χ2n) is 7.38. The average Bonchev–Trinajstić information content (AvgIpc) is 2.71. The number of piperazine rings is 1. The molecule has 2 rings (SSSR count). The third-order valence-electron chi connectivity index (χ3n) is 5.09. The van der Waals surface area contributed by atoms with Crippen molar-refractivity contribution in [2.24, 2.45) is 5.92 Å². The smallest absolute Gasteiger partial charge is 0.393 e. The second kappa shape index (κ2) is 10.7. The topological polar surface area (TPSA) is 53.1 Å². The number of anilines is 1. The van der Waals surface area contributed by atoms with E-state index in [1.165, 1.54) is 0 Å². The molecule has 154 valence electrons. The molecule has 1 fully saturated rings. The van der Waals surface area contributed by atoms with Gasteiger partial charge in [-0.05, 0) is 30.5 Å². The molecule has 1 aromatic rings. The van der Waals surface area contributed by atoms with E-state index in [-0.39, 0.29) is 12.0 Å². The number of hydrogen-bond donors (Lipinski definition) is 0. The molecule has 1 unspecified atom stereocenters. The number of carbonyl (C=O) groups excluding carboxylic acids is 2. The van der Waals surface area contributed by atoms with Crippen LogP contribution in [0.15, 0.2) is 42.3 Å². The fourth-order valence-corrected chi connectivity index (χ4v) is 3.20. The molecule has 0 radical (unpaired) electrons. The first kappa shape index (κ1) is 21.8. The van der Waals surface area contributed by atoms with E-state index in [2.05, 4.69) is 13.8 Å². The first-order chi connectivity index (χ1) is 13.4. The van der Waals surface area contributed by atoms with E-state index in [0.29, 0.717) is 38.0 Å². The molecule has 1 saturated heterocycles. The maximum Gasteiger partial charge on any atom is 0.416 e. The molecule has 28 heavy (non-hydrogen) atoms. The highest BCUT2D eigenvalue weighted by atomic mass is 16.6. The van der Waals surface area contributed by atoms with Gasteiger partial charge < -0.3 is 19.4 Å². The van der Waals surface area contributed by atoms with E-state index in [1.807, 2.05) is 48.4 Å². The van der Waals surface area contributed by atoms with Crippen molar-refractivity contribution in [2.45, 2.75) is 40.0 Å². The van der Waals surface area contributed by atoms with Crippen LogP contribution in [0.3, 0.4) is 0 Å². The maximum atomic E-state index is 12.7. The molecule has 1 heterocycles. The molecule has 0 spiro atoms. The fourth-order valence-electron chi connectivity index (χ4n) is 3.20. The van der Waals surface area contributed by atoms with Crippen molar-refractivity contribution in [1.82, 2.24) is 9.80 Å². The molecule has 2 amide bonds. The molecule has 1 aromatic carbocycles. The average molecular weight is 388 g/mol. The van der Waals surface area contributed by atoms with Crippen LogP contribution < -0.4 is 4.90 Å². The predicted octanol–water partition coefficient (Wildman–Crippen LogP) is 4.09. The van der Waals surface area contributed by atoms with Crippen LogP contribution in [-0.2, 0) is 9.53 Å². The lowest BCUT2D eigenvalue weighted by molar-refractivity contribution is -0.130. The fraction of sp³-hybridized carbons (Fsp3) is 0.545. The van der Waals surface area contributed by atoms with E-state index < -0.39 is 0 Å². The molecular weight excluding hydrogens is 354 g/mol. The summed E-state index contributed by atoms with van der Waals surface area (Å²) in [5.41, 5.74) is 0.964. The van der Waals surface area contributed by atoms with Gasteiger partial charge in [0.1, 0.15) is 0 Å². The quantitative estimate of drug-likeness (QED) is 0.661. The molecule has 0 aliphatic carbocycles. The van der Waals surface area contributed by atoms with Gasteiger partial charge in [-0.15, -0.1) is 0 Å². The van der Waals surface area contributed by atoms with Gasteiger partial charge in [-0.3, -0.25) is 4.79 Å². The van der Waals surface area contributed by atoms with Crippen LogP contribution in [0.1, 0.15) is 40.0 Å². The van der Waals surface area contributed by atoms with E-state index in [1.54, 1.807) is 16.7 Å². The third kappa shape index (κ3) is 6.29. The number of ether oxygens (including phenoxy) is 1. The van der Waals surface area contributed by atoms with Gasteiger partial charge in [0.25, 0.3) is 0 Å². The van der Waals surface area contributed by atoms with E-state index in [4.69, 9.17) is 4.74 Å². The maximum absolute atomic E-state index is 12.7. The summed E-state index contributed by atoms with van der Waals surface area (Å²) in [7, 11) is 1.91. The summed E-state index contributed by atoms with van der Waals surface area (Å²) in [4.78, 5) is 29.6. The van der Waals surface area contributed by atoms with E-state index >= 15 is 0 Å². The van der Waals surface area contributed by atoms with Crippen LogP contribution >= 0.6 is 0 Å². The minimum atomic E-state index is -0.361. The highest BCUT2D eigenvalue weighted by Crippen LogP contribution is 2.21. The summed E-state index contributed by atoms with van der Waals surface area (Å²) in [6.45, 7) is 7.96. The Morgan fingerprint density at radius 2 is 1.75 bits per heavy atom. The van der Waals surface area contributed by atoms with Crippen molar-refractivity contribution >= 4 is 17.7 Å². The van der Waals surface area contributed by atoms with Gasteiger partial charge in [-0.1, -0.05) is 44.9 Å². The molecule has 6 nitrogen and oxygen atoms in total. The van der Waals surface area contributed by atoms with Gasteiger partial charge in [-0.25, -0.2) is 4.79 Å². The minimum Gasteiger partial charge on any atom is -0.393 e. The Hall–Kier alpha value is -2.50. The number of rotatable bonds is 7. The molecule has 0 saturated carbocycles. The van der Waals surface area contributed by atoms with Gasteiger partial charge >= 0.3 is 6.09 Å². The highest BCUT2D eigenvalue weighted by molar-refractivity contribution is 5.74. The number of hydrogen-bond acceptors (Lipinski definition) is 4. The van der Waals surface area contributed by atoms with Crippen LogP contribution in [0.4, 0.5) is 10.5 Å². The lowest BCUT2D eigenvalue weighted by Crippen LogP contribution is -2.50. The van der Waals surface area contributed by atoms with Crippen molar-refractivity contribution in [2.75, 3.05) is 38.1 Å². The molecule has 1 aliphatic heterocycles. The van der Waals surface area contributed by atoms with Crippen LogP contribution in [-0.4, -0.2) is 55.0 Å². The molecule has 0 aromatic heterocycles. The van der Waals surface area contributed by atoms with E-state index in [0.717, 1.165) is 24.9 Å². The summed E-state index contributed by atoms with van der Waals surface area (Å²) in [6, 6.07) is 9.87. The number of benzene rings is 1. The van der Waals surface area contributed by atoms with Crippen molar-refractivity contribution in [3.63, 3.8) is 0 Å². The Kier molecular flexibility index (Phi) is 8.36. The highest BCUT2D eigenvalue weighted by Gasteiger charge is 2.25. The van der Waals surface area contributed by atoms with Gasteiger partial charge in [-0.2, -0.15) is 0 Å². The molecule has 1 atom stereocenters. The molecule has 1 aliphatic rings. The Balaban J connectivity index is 2.09. The van der Waals surface area contributed by atoms with Crippen molar-refractivity contribution in [3.05, 3.63) is 42.3 Å². The zero-order valence-electron chi connectivity index (χ0n) is 17.6. The lowest BCUT2D eigenvalue weighted by Gasteiger charge is -2.34. The van der Waals surface area contributed by atoms with Crippen LogP contribution in [0, 0.1) is 5.92 Å². The molecular formula is C22H33N3O3. The Labute approximate surface area is 168 Å².